The van der Waals surface area contributed by atoms with Crippen LogP contribution < -0.4 is 10.2 Å². The van der Waals surface area contributed by atoms with Crippen LogP contribution >= 0.6 is 15.9 Å². The van der Waals surface area contributed by atoms with E-state index >= 15 is 0 Å². The number of halogens is 1. The molecule has 2 aromatic rings. The number of rotatable bonds is 4. The summed E-state index contributed by atoms with van der Waals surface area (Å²) in [6.45, 7) is 11.0. The number of ether oxygens (including phenoxy) is 1. The number of carbonyl (C=O) groups excluding carboxylic acids is 2. The van der Waals surface area contributed by atoms with Gasteiger partial charge in [0.15, 0.2) is 6.61 Å². The van der Waals surface area contributed by atoms with Crippen molar-refractivity contribution in [3.63, 3.8) is 0 Å². The number of amides is 2. The van der Waals surface area contributed by atoms with Gasteiger partial charge in [-0.05, 0) is 81.7 Å². The second kappa shape index (κ2) is 9.31. The molecule has 0 saturated carbocycles. The predicted octanol–water partition coefficient (Wildman–Crippen LogP) is 4.86. The van der Waals surface area contributed by atoms with E-state index in [1.54, 1.807) is 31.2 Å². The highest BCUT2D eigenvalue weighted by molar-refractivity contribution is 9.10. The first-order valence-corrected chi connectivity index (χ1v) is 10.3. The van der Waals surface area contributed by atoms with Crippen LogP contribution in [0.15, 0.2) is 34.8 Å². The number of hydrogen-bond acceptors (Lipinski definition) is 4. The largest absolute Gasteiger partial charge is 0.477 e. The second-order valence-electron chi connectivity index (χ2n) is 8.12. The maximum Gasteiger partial charge on any atom is 0.272 e. The Morgan fingerprint density at radius 1 is 1.13 bits per heavy atom. The first kappa shape index (κ1) is 23.4. The summed E-state index contributed by atoms with van der Waals surface area (Å²) < 4.78 is 6.10. The molecule has 0 unspecified atom stereocenters. The topological polar surface area (TPSA) is 82.4 Å². The highest BCUT2D eigenvalue weighted by atomic mass is 79.9. The van der Waals surface area contributed by atoms with Crippen molar-refractivity contribution < 1.29 is 14.3 Å². The van der Waals surface area contributed by atoms with Gasteiger partial charge in [0.2, 0.25) is 0 Å². The molecule has 1 N–H and O–H groups in total. The molecule has 2 aromatic carbocycles. The van der Waals surface area contributed by atoms with Gasteiger partial charge in [0, 0.05) is 16.7 Å². The Morgan fingerprint density at radius 3 is 2.27 bits per heavy atom. The smallest absolute Gasteiger partial charge is 0.272 e. The summed E-state index contributed by atoms with van der Waals surface area (Å²) in [6, 6.07) is 10.8. The molecule has 0 heterocycles. The summed E-state index contributed by atoms with van der Waals surface area (Å²) in [5.41, 5.74) is 5.49. The SMILES string of the molecule is Cc1cc(C)cc(C(=O)N(NC(=O)c2ccc(Br)c(OCC#N)c2C)C(C)(C)C)c1. The fourth-order valence-electron chi connectivity index (χ4n) is 3.10. The zero-order valence-electron chi connectivity index (χ0n) is 18.1. The van der Waals surface area contributed by atoms with E-state index in [4.69, 9.17) is 10.00 Å². The van der Waals surface area contributed by atoms with Gasteiger partial charge in [0.25, 0.3) is 11.8 Å². The summed E-state index contributed by atoms with van der Waals surface area (Å²) in [6.07, 6.45) is 0. The van der Waals surface area contributed by atoms with Gasteiger partial charge < -0.3 is 4.74 Å². The van der Waals surface area contributed by atoms with Gasteiger partial charge in [-0.2, -0.15) is 5.26 Å². The van der Waals surface area contributed by atoms with Gasteiger partial charge in [0.05, 0.1) is 10.0 Å². The van der Waals surface area contributed by atoms with Crippen molar-refractivity contribution in [1.29, 1.82) is 5.26 Å². The Kier molecular flexibility index (Phi) is 7.27. The summed E-state index contributed by atoms with van der Waals surface area (Å²) in [7, 11) is 0. The molecule has 0 atom stereocenters. The fourth-order valence-corrected chi connectivity index (χ4v) is 3.64. The van der Waals surface area contributed by atoms with E-state index in [0.29, 0.717) is 26.9 Å². The van der Waals surface area contributed by atoms with E-state index in [1.165, 1.54) is 5.01 Å². The number of hydrogen-bond donors (Lipinski definition) is 1. The molecule has 0 radical (unpaired) electrons. The van der Waals surface area contributed by atoms with Crippen molar-refractivity contribution in [2.75, 3.05) is 6.61 Å². The fraction of sp³-hybridized carbons (Fsp3) is 0.348. The molecule has 30 heavy (non-hydrogen) atoms. The third-order valence-corrected chi connectivity index (χ3v) is 5.06. The number of hydrazine groups is 1. The van der Waals surface area contributed by atoms with Crippen molar-refractivity contribution in [1.82, 2.24) is 10.4 Å². The Hall–Kier alpha value is -2.85. The normalized spacial score (nSPS) is 10.9. The number of nitriles is 1. The average Bonchev–Trinajstić information content (AvgIpc) is 2.63. The highest BCUT2D eigenvalue weighted by Gasteiger charge is 2.30. The van der Waals surface area contributed by atoms with Gasteiger partial charge in [-0.1, -0.05) is 17.2 Å². The maximum atomic E-state index is 13.3. The highest BCUT2D eigenvalue weighted by Crippen LogP contribution is 2.31. The van der Waals surface area contributed by atoms with E-state index in [2.05, 4.69) is 21.4 Å². The number of nitrogens with one attached hydrogen (secondary N) is 1. The molecule has 0 bridgehead atoms. The van der Waals surface area contributed by atoms with E-state index in [-0.39, 0.29) is 12.5 Å². The average molecular weight is 472 g/mol. The lowest BCUT2D eigenvalue weighted by Gasteiger charge is -2.35. The zero-order chi connectivity index (χ0) is 22.6. The third kappa shape index (κ3) is 5.39. The lowest BCUT2D eigenvalue weighted by atomic mass is 10.0. The maximum absolute atomic E-state index is 13.3. The number of nitrogens with zero attached hydrogens (tertiary/aromatic N) is 2. The van der Waals surface area contributed by atoms with E-state index < -0.39 is 11.4 Å². The van der Waals surface area contributed by atoms with Gasteiger partial charge in [-0.3, -0.25) is 15.0 Å². The first-order valence-electron chi connectivity index (χ1n) is 9.48. The molecule has 7 heteroatoms. The van der Waals surface area contributed by atoms with Gasteiger partial charge >= 0.3 is 0 Å². The molecule has 2 rings (SSSR count). The van der Waals surface area contributed by atoms with Gasteiger partial charge in [-0.15, -0.1) is 0 Å². The first-order chi connectivity index (χ1) is 14.0. The van der Waals surface area contributed by atoms with Crippen LogP contribution in [-0.2, 0) is 0 Å². The summed E-state index contributed by atoms with van der Waals surface area (Å²) in [4.78, 5) is 26.3. The van der Waals surface area contributed by atoms with Crippen molar-refractivity contribution in [2.45, 2.75) is 47.1 Å². The van der Waals surface area contributed by atoms with Crippen LogP contribution in [0.2, 0.25) is 0 Å². The molecule has 0 aromatic heterocycles. The summed E-state index contributed by atoms with van der Waals surface area (Å²) in [5, 5.41) is 10.1. The molecule has 158 valence electrons. The van der Waals surface area contributed by atoms with Crippen LogP contribution in [0.5, 0.6) is 5.75 Å². The molecule has 0 aliphatic heterocycles. The Labute approximate surface area is 185 Å². The Morgan fingerprint density at radius 2 is 1.73 bits per heavy atom. The third-order valence-electron chi connectivity index (χ3n) is 4.44. The number of aryl methyl sites for hydroxylation is 2. The van der Waals surface area contributed by atoms with Crippen molar-refractivity contribution in [2.24, 2.45) is 0 Å². The van der Waals surface area contributed by atoms with Gasteiger partial charge in [0.1, 0.15) is 11.8 Å². The minimum atomic E-state index is -0.659. The van der Waals surface area contributed by atoms with Crippen LogP contribution in [0, 0.1) is 32.1 Å². The molecule has 0 aliphatic rings. The van der Waals surface area contributed by atoms with E-state index in [0.717, 1.165) is 11.1 Å². The van der Waals surface area contributed by atoms with Crippen LogP contribution in [0.4, 0.5) is 0 Å². The minimum absolute atomic E-state index is 0.135. The molecule has 6 nitrogen and oxygen atoms in total. The molecular formula is C23H26BrN3O3. The van der Waals surface area contributed by atoms with E-state index in [1.807, 2.05) is 46.8 Å². The standard InChI is InChI=1S/C23H26BrN3O3/c1-14-11-15(2)13-17(12-14)22(29)27(23(4,5)6)26-21(28)18-7-8-19(24)20(16(18)3)30-10-9-25/h7-8,11-13H,10H2,1-6H3,(H,26,28). The predicted molar refractivity (Wildman–Crippen MR) is 119 cm³/mol. The molecule has 0 fully saturated rings. The molecule has 0 saturated heterocycles. The van der Waals surface area contributed by atoms with Crippen LogP contribution in [-0.4, -0.2) is 29.0 Å². The number of carbonyl (C=O) groups is 2. The lowest BCUT2D eigenvalue weighted by Crippen LogP contribution is -2.56. The molecule has 2 amide bonds. The van der Waals surface area contributed by atoms with Gasteiger partial charge in [-0.25, -0.2) is 5.01 Å². The minimum Gasteiger partial charge on any atom is -0.477 e. The quantitative estimate of drug-likeness (QED) is 0.645. The summed E-state index contributed by atoms with van der Waals surface area (Å²) >= 11 is 3.38. The van der Waals surface area contributed by atoms with Crippen LogP contribution in [0.25, 0.3) is 0 Å². The second-order valence-corrected chi connectivity index (χ2v) is 8.98. The molecular weight excluding hydrogens is 446 g/mol. The monoisotopic (exact) mass is 471 g/mol. The lowest BCUT2D eigenvalue weighted by molar-refractivity contribution is 0.0358. The van der Waals surface area contributed by atoms with Crippen molar-refractivity contribution >= 4 is 27.7 Å². The molecule has 0 spiro atoms. The summed E-state index contributed by atoms with van der Waals surface area (Å²) in [5.74, 6) is -0.306. The molecule has 0 aliphatic carbocycles. The van der Waals surface area contributed by atoms with Crippen LogP contribution in [0.3, 0.4) is 0 Å². The van der Waals surface area contributed by atoms with Crippen molar-refractivity contribution in [3.8, 4) is 11.8 Å². The number of benzene rings is 2. The van der Waals surface area contributed by atoms with E-state index in [9.17, 15) is 9.59 Å². The Balaban J connectivity index is 2.39. The van der Waals surface area contributed by atoms with Crippen LogP contribution in [0.1, 0.15) is 58.2 Å². The van der Waals surface area contributed by atoms with Crippen molar-refractivity contribution in [3.05, 3.63) is 62.6 Å². The zero-order valence-corrected chi connectivity index (χ0v) is 19.7. The Bertz CT molecular complexity index is 999.